The predicted molar refractivity (Wildman–Crippen MR) is 120 cm³/mol. The number of hydrogen-bond donors (Lipinski definition) is 3. The van der Waals surface area contributed by atoms with Gasteiger partial charge in [0.05, 0.1) is 35.0 Å². The molecule has 8 heteroatoms. The molecule has 0 atom stereocenters. The van der Waals surface area contributed by atoms with Crippen LogP contribution in [0.3, 0.4) is 0 Å². The van der Waals surface area contributed by atoms with Crippen LogP contribution in [-0.4, -0.2) is 36.0 Å². The van der Waals surface area contributed by atoms with E-state index in [-0.39, 0.29) is 5.91 Å². The lowest BCUT2D eigenvalue weighted by molar-refractivity contribution is -0.116. The standard InChI is InChI=1S/C23H21N7O/c1-2-3-4-22(31)27-16-7-14(11-25-12-16)19-9-17-21(13-26-19)29-30-23(17)20-8-15-10-24-6-5-18(15)28-20/h5-13,28H,2-4H2,1H3,(H,27,31)(H,29,30). The average Bonchev–Trinajstić information content (AvgIpc) is 3.41. The van der Waals surface area contributed by atoms with Crippen LogP contribution >= 0.6 is 0 Å². The van der Waals surface area contributed by atoms with Crippen LogP contribution in [-0.2, 0) is 4.79 Å². The van der Waals surface area contributed by atoms with Crippen LogP contribution in [0.1, 0.15) is 26.2 Å². The maximum absolute atomic E-state index is 12.1. The van der Waals surface area contributed by atoms with Crippen LogP contribution in [0.15, 0.2) is 55.2 Å². The third kappa shape index (κ3) is 3.75. The van der Waals surface area contributed by atoms with Gasteiger partial charge in [-0.05, 0) is 30.7 Å². The minimum atomic E-state index is -0.00497. The Morgan fingerprint density at radius 2 is 2.00 bits per heavy atom. The summed E-state index contributed by atoms with van der Waals surface area (Å²) < 4.78 is 0. The fraction of sp³-hybridized carbons (Fsp3) is 0.174. The summed E-state index contributed by atoms with van der Waals surface area (Å²) in [6, 6.07) is 7.84. The number of carbonyl (C=O) groups excluding carboxylic acids is 1. The van der Waals surface area contributed by atoms with E-state index in [0.717, 1.165) is 57.3 Å². The van der Waals surface area contributed by atoms with E-state index >= 15 is 0 Å². The largest absolute Gasteiger partial charge is 0.353 e. The Bertz CT molecular complexity index is 1350. The Kier molecular flexibility index (Phi) is 4.87. The summed E-state index contributed by atoms with van der Waals surface area (Å²) in [6.45, 7) is 2.06. The van der Waals surface area contributed by atoms with E-state index in [1.54, 1.807) is 24.8 Å². The van der Waals surface area contributed by atoms with Gasteiger partial charge in [-0.2, -0.15) is 5.10 Å². The van der Waals surface area contributed by atoms with Crippen molar-refractivity contribution in [1.29, 1.82) is 0 Å². The molecule has 8 nitrogen and oxygen atoms in total. The second-order valence-electron chi connectivity index (χ2n) is 7.45. The highest BCUT2D eigenvalue weighted by molar-refractivity contribution is 5.97. The first-order valence-electron chi connectivity index (χ1n) is 10.2. The Balaban J connectivity index is 1.49. The molecule has 1 amide bonds. The number of aromatic nitrogens is 6. The maximum Gasteiger partial charge on any atom is 0.224 e. The molecular weight excluding hydrogens is 390 g/mol. The predicted octanol–water partition coefficient (Wildman–Crippen LogP) is 4.69. The quantitative estimate of drug-likeness (QED) is 0.375. The summed E-state index contributed by atoms with van der Waals surface area (Å²) in [5.41, 5.74) is 5.80. The Hall–Kier alpha value is -4.07. The van der Waals surface area contributed by atoms with Gasteiger partial charge in [0.1, 0.15) is 5.69 Å². The van der Waals surface area contributed by atoms with Crippen LogP contribution in [0.2, 0.25) is 0 Å². The molecule has 0 radical (unpaired) electrons. The van der Waals surface area contributed by atoms with Gasteiger partial charge in [-0.3, -0.25) is 24.8 Å². The Morgan fingerprint density at radius 1 is 1.06 bits per heavy atom. The van der Waals surface area contributed by atoms with Crippen molar-refractivity contribution in [2.75, 3.05) is 5.32 Å². The number of pyridine rings is 3. The van der Waals surface area contributed by atoms with Crippen molar-refractivity contribution in [2.24, 2.45) is 0 Å². The first-order valence-corrected chi connectivity index (χ1v) is 10.2. The van der Waals surface area contributed by atoms with E-state index in [0.29, 0.717) is 12.1 Å². The maximum atomic E-state index is 12.1. The highest BCUT2D eigenvalue weighted by Crippen LogP contribution is 2.30. The second-order valence-corrected chi connectivity index (χ2v) is 7.45. The van der Waals surface area contributed by atoms with Crippen molar-refractivity contribution in [3.05, 3.63) is 55.2 Å². The molecule has 5 rings (SSSR count). The third-order valence-electron chi connectivity index (χ3n) is 5.20. The van der Waals surface area contributed by atoms with Gasteiger partial charge in [-0.25, -0.2) is 0 Å². The van der Waals surface area contributed by atoms with E-state index in [1.165, 1.54) is 0 Å². The number of anilines is 1. The lowest BCUT2D eigenvalue weighted by Crippen LogP contribution is -2.11. The average molecular weight is 411 g/mol. The molecule has 0 aliphatic heterocycles. The molecular formula is C23H21N7O. The topological polar surface area (TPSA) is 112 Å². The molecule has 3 N–H and O–H groups in total. The molecule has 0 aromatic carbocycles. The van der Waals surface area contributed by atoms with Crippen LogP contribution < -0.4 is 5.32 Å². The molecule has 31 heavy (non-hydrogen) atoms. The fourth-order valence-electron chi connectivity index (χ4n) is 3.59. The van der Waals surface area contributed by atoms with E-state index in [4.69, 9.17) is 0 Å². The number of hydrogen-bond acceptors (Lipinski definition) is 5. The number of H-pyrrole nitrogens is 2. The molecule has 0 aliphatic carbocycles. The summed E-state index contributed by atoms with van der Waals surface area (Å²) in [6.07, 6.45) is 11.1. The van der Waals surface area contributed by atoms with Gasteiger partial charge in [0.25, 0.3) is 0 Å². The van der Waals surface area contributed by atoms with E-state index in [1.807, 2.05) is 30.5 Å². The van der Waals surface area contributed by atoms with Gasteiger partial charge in [0, 0.05) is 46.9 Å². The molecule has 5 heterocycles. The van der Waals surface area contributed by atoms with Crippen LogP contribution in [0, 0.1) is 0 Å². The second kappa shape index (κ2) is 7.98. The van der Waals surface area contributed by atoms with Gasteiger partial charge in [-0.1, -0.05) is 13.3 Å². The molecule has 0 saturated carbocycles. The van der Waals surface area contributed by atoms with Gasteiger partial charge >= 0.3 is 0 Å². The number of rotatable bonds is 6. The monoisotopic (exact) mass is 411 g/mol. The normalized spacial score (nSPS) is 11.3. The van der Waals surface area contributed by atoms with Gasteiger partial charge in [0.2, 0.25) is 5.91 Å². The molecule has 154 valence electrons. The molecule has 5 aromatic heterocycles. The minimum Gasteiger partial charge on any atom is -0.353 e. The molecule has 0 bridgehead atoms. The lowest BCUT2D eigenvalue weighted by Gasteiger charge is -2.07. The van der Waals surface area contributed by atoms with Crippen molar-refractivity contribution < 1.29 is 4.79 Å². The molecule has 5 aromatic rings. The molecule has 0 saturated heterocycles. The summed E-state index contributed by atoms with van der Waals surface area (Å²) in [5.74, 6) is -0.00497. The fourth-order valence-corrected chi connectivity index (χ4v) is 3.59. The first-order chi connectivity index (χ1) is 15.2. The number of unbranched alkanes of at least 4 members (excludes halogenated alkanes) is 1. The van der Waals surface area contributed by atoms with Crippen LogP contribution in [0.4, 0.5) is 5.69 Å². The molecule has 0 spiro atoms. The Labute approximate surface area is 178 Å². The van der Waals surface area contributed by atoms with E-state index in [9.17, 15) is 4.79 Å². The van der Waals surface area contributed by atoms with Crippen molar-refractivity contribution in [3.63, 3.8) is 0 Å². The highest BCUT2D eigenvalue weighted by atomic mass is 16.1. The highest BCUT2D eigenvalue weighted by Gasteiger charge is 2.13. The zero-order valence-corrected chi connectivity index (χ0v) is 17.0. The van der Waals surface area contributed by atoms with Gasteiger partial charge < -0.3 is 10.3 Å². The Morgan fingerprint density at radius 3 is 2.87 bits per heavy atom. The zero-order valence-electron chi connectivity index (χ0n) is 17.0. The molecule has 0 unspecified atom stereocenters. The van der Waals surface area contributed by atoms with E-state index < -0.39 is 0 Å². The number of amides is 1. The number of nitrogens with one attached hydrogen (secondary N) is 3. The van der Waals surface area contributed by atoms with Crippen LogP contribution in [0.25, 0.3) is 44.5 Å². The molecule has 0 fully saturated rings. The smallest absolute Gasteiger partial charge is 0.224 e. The van der Waals surface area contributed by atoms with Crippen LogP contribution in [0.5, 0.6) is 0 Å². The summed E-state index contributed by atoms with van der Waals surface area (Å²) in [7, 11) is 0. The van der Waals surface area contributed by atoms with Crippen molar-refractivity contribution in [2.45, 2.75) is 26.2 Å². The lowest BCUT2D eigenvalue weighted by atomic mass is 10.1. The SMILES string of the molecule is CCCCC(=O)Nc1cncc(-c2cc3c(-c4cc5cnccc5[nH]4)n[nH]c3cn2)c1. The summed E-state index contributed by atoms with van der Waals surface area (Å²) >= 11 is 0. The number of fused-ring (bicyclic) bond motifs is 2. The van der Waals surface area contributed by atoms with Crippen molar-refractivity contribution in [1.82, 2.24) is 30.1 Å². The molecule has 0 aliphatic rings. The van der Waals surface area contributed by atoms with Crippen molar-refractivity contribution >= 4 is 33.4 Å². The number of aromatic amines is 2. The zero-order chi connectivity index (χ0) is 21.2. The van der Waals surface area contributed by atoms with Crippen molar-refractivity contribution in [3.8, 4) is 22.6 Å². The number of carbonyl (C=O) groups is 1. The first kappa shape index (κ1) is 18.9. The number of nitrogens with zero attached hydrogens (tertiary/aromatic N) is 4. The third-order valence-corrected chi connectivity index (χ3v) is 5.20. The van der Waals surface area contributed by atoms with E-state index in [2.05, 4.69) is 42.4 Å². The van der Waals surface area contributed by atoms with Gasteiger partial charge in [0.15, 0.2) is 0 Å². The van der Waals surface area contributed by atoms with Gasteiger partial charge in [-0.15, -0.1) is 0 Å². The summed E-state index contributed by atoms with van der Waals surface area (Å²) in [4.78, 5) is 28.5. The summed E-state index contributed by atoms with van der Waals surface area (Å²) in [5, 5.41) is 12.4. The minimum absolute atomic E-state index is 0.00497.